The molecule has 1 aromatic heterocycles. The van der Waals surface area contributed by atoms with Gasteiger partial charge in [0, 0.05) is 12.4 Å². The molecule has 0 aliphatic heterocycles. The van der Waals surface area contributed by atoms with Gasteiger partial charge >= 0.3 is 0 Å². The van der Waals surface area contributed by atoms with Crippen LogP contribution in [-0.2, 0) is 4.79 Å². The largest absolute Gasteiger partial charge is 0.393 e. The van der Waals surface area contributed by atoms with Crippen molar-refractivity contribution in [3.63, 3.8) is 0 Å². The van der Waals surface area contributed by atoms with Crippen LogP contribution in [0.25, 0.3) is 0 Å². The molecule has 0 spiro atoms. The highest BCUT2D eigenvalue weighted by Gasteiger charge is 2.21. The number of hydrogen-bond acceptors (Lipinski definition) is 3. The Morgan fingerprint density at radius 1 is 1.65 bits per heavy atom. The van der Waals surface area contributed by atoms with Gasteiger partial charge in [-0.1, -0.05) is 25.2 Å². The van der Waals surface area contributed by atoms with Gasteiger partial charge in [-0.2, -0.15) is 0 Å². The molecule has 1 heterocycles. The lowest BCUT2D eigenvalue weighted by Crippen LogP contribution is -2.38. The summed E-state index contributed by atoms with van der Waals surface area (Å²) in [4.78, 5) is 16.2. The lowest BCUT2D eigenvalue weighted by Gasteiger charge is -2.18. The lowest BCUT2D eigenvalue weighted by molar-refractivity contribution is -0.123. The third kappa shape index (κ3) is 3.78. The second-order valence-corrected chi connectivity index (χ2v) is 4.35. The number of amides is 1. The van der Waals surface area contributed by atoms with Crippen LogP contribution in [0.4, 0.5) is 0 Å². The fourth-order valence-electron chi connectivity index (χ4n) is 1.55. The third-order valence-corrected chi connectivity index (χ3v) is 2.90. The van der Waals surface area contributed by atoms with Crippen LogP contribution in [0.1, 0.15) is 31.9 Å². The molecule has 5 heteroatoms. The Labute approximate surface area is 107 Å². The average Bonchev–Trinajstić information content (AvgIpc) is 2.30. The van der Waals surface area contributed by atoms with E-state index in [0.29, 0.717) is 6.42 Å². The van der Waals surface area contributed by atoms with Gasteiger partial charge in [0.25, 0.3) is 0 Å². The monoisotopic (exact) mass is 251 g/mol. The van der Waals surface area contributed by atoms with E-state index in [2.05, 4.69) is 10.3 Å². The van der Waals surface area contributed by atoms with E-state index in [1.165, 1.54) is 0 Å². The number of carbonyl (C=O) groups excluding carboxylic acids is 1. The first-order valence-corrected chi connectivity index (χ1v) is 5.96. The van der Waals surface area contributed by atoms with Crippen molar-refractivity contribution in [2.24, 2.45) is 11.7 Å². The summed E-state index contributed by atoms with van der Waals surface area (Å²) in [6, 6.07) is 3.65. The molecule has 4 nitrogen and oxygen atoms in total. The van der Waals surface area contributed by atoms with Gasteiger partial charge in [-0.3, -0.25) is 9.78 Å². The minimum absolute atomic E-state index is 0.0976. The molecule has 2 atom stereocenters. The van der Waals surface area contributed by atoms with Crippen molar-refractivity contribution in [3.05, 3.63) is 30.1 Å². The summed E-state index contributed by atoms with van der Waals surface area (Å²) >= 11 is 4.87. The van der Waals surface area contributed by atoms with Crippen LogP contribution in [-0.4, -0.2) is 15.9 Å². The topological polar surface area (TPSA) is 68.0 Å². The van der Waals surface area contributed by atoms with Crippen molar-refractivity contribution >= 4 is 23.1 Å². The molecule has 0 bridgehead atoms. The number of pyridine rings is 1. The van der Waals surface area contributed by atoms with E-state index in [4.69, 9.17) is 18.0 Å². The van der Waals surface area contributed by atoms with E-state index in [-0.39, 0.29) is 16.9 Å². The zero-order valence-electron chi connectivity index (χ0n) is 10.0. The third-order valence-electron chi connectivity index (χ3n) is 2.61. The van der Waals surface area contributed by atoms with E-state index in [0.717, 1.165) is 5.56 Å². The number of carbonyl (C=O) groups is 1. The SMILES string of the molecule is CCC(C(=O)NC(C)c1cccnc1)C(N)=S. The van der Waals surface area contributed by atoms with Gasteiger partial charge < -0.3 is 11.1 Å². The van der Waals surface area contributed by atoms with Crippen molar-refractivity contribution in [2.45, 2.75) is 26.3 Å². The van der Waals surface area contributed by atoms with E-state index >= 15 is 0 Å². The van der Waals surface area contributed by atoms with Crippen molar-refractivity contribution in [3.8, 4) is 0 Å². The van der Waals surface area contributed by atoms with Gasteiger partial charge in [0.15, 0.2) is 0 Å². The summed E-state index contributed by atoms with van der Waals surface area (Å²) in [6.07, 6.45) is 4.04. The fourth-order valence-corrected chi connectivity index (χ4v) is 1.82. The fraction of sp³-hybridized carbons (Fsp3) is 0.417. The zero-order chi connectivity index (χ0) is 12.8. The summed E-state index contributed by atoms with van der Waals surface area (Å²) < 4.78 is 0. The number of thiocarbonyl (C=S) groups is 1. The van der Waals surface area contributed by atoms with Crippen molar-refractivity contribution in [1.29, 1.82) is 0 Å². The second-order valence-electron chi connectivity index (χ2n) is 3.88. The normalized spacial score (nSPS) is 13.8. The maximum atomic E-state index is 11.9. The molecular weight excluding hydrogens is 234 g/mol. The number of nitrogens with two attached hydrogens (primary N) is 1. The van der Waals surface area contributed by atoms with Gasteiger partial charge in [-0.05, 0) is 25.0 Å². The Bertz CT molecular complexity index is 394. The molecule has 1 amide bonds. The first-order chi connectivity index (χ1) is 8.06. The Balaban J connectivity index is 2.66. The highest BCUT2D eigenvalue weighted by atomic mass is 32.1. The first kappa shape index (κ1) is 13.6. The minimum Gasteiger partial charge on any atom is -0.393 e. The first-order valence-electron chi connectivity index (χ1n) is 5.55. The molecule has 1 aromatic rings. The number of aromatic nitrogens is 1. The highest BCUT2D eigenvalue weighted by Crippen LogP contribution is 2.12. The van der Waals surface area contributed by atoms with Crippen LogP contribution in [0.5, 0.6) is 0 Å². The maximum Gasteiger partial charge on any atom is 0.230 e. The standard InChI is InChI=1S/C12H17N3OS/c1-3-10(11(13)17)12(16)15-8(2)9-5-4-6-14-7-9/h4-8,10H,3H2,1-2H3,(H2,13,17)(H,15,16). The van der Waals surface area contributed by atoms with Gasteiger partial charge in [-0.15, -0.1) is 0 Å². The molecule has 2 unspecified atom stereocenters. The predicted octanol–water partition coefficient (Wildman–Crippen LogP) is 1.57. The molecule has 0 saturated heterocycles. The number of rotatable bonds is 5. The summed E-state index contributed by atoms with van der Waals surface area (Å²) in [5.41, 5.74) is 6.48. The van der Waals surface area contributed by atoms with Gasteiger partial charge in [0.1, 0.15) is 0 Å². The van der Waals surface area contributed by atoms with E-state index < -0.39 is 5.92 Å². The van der Waals surface area contributed by atoms with Crippen LogP contribution in [0.2, 0.25) is 0 Å². The Morgan fingerprint density at radius 3 is 2.82 bits per heavy atom. The average molecular weight is 251 g/mol. The molecular formula is C12H17N3OS. The second kappa shape index (κ2) is 6.30. The summed E-state index contributed by atoms with van der Waals surface area (Å²) in [5.74, 6) is -0.527. The number of nitrogens with zero attached hydrogens (tertiary/aromatic N) is 1. The van der Waals surface area contributed by atoms with E-state index in [1.807, 2.05) is 26.0 Å². The molecule has 0 fully saturated rings. The van der Waals surface area contributed by atoms with Crippen LogP contribution < -0.4 is 11.1 Å². The predicted molar refractivity (Wildman–Crippen MR) is 71.4 cm³/mol. The molecule has 92 valence electrons. The summed E-state index contributed by atoms with van der Waals surface area (Å²) in [5, 5.41) is 2.88. The molecule has 0 aliphatic rings. The van der Waals surface area contributed by atoms with Crippen molar-refractivity contribution < 1.29 is 4.79 Å². The Morgan fingerprint density at radius 2 is 2.35 bits per heavy atom. The van der Waals surface area contributed by atoms with E-state index in [1.54, 1.807) is 12.4 Å². The van der Waals surface area contributed by atoms with Gasteiger partial charge in [0.2, 0.25) is 5.91 Å². The molecule has 0 radical (unpaired) electrons. The van der Waals surface area contributed by atoms with Crippen molar-refractivity contribution in [1.82, 2.24) is 10.3 Å². The van der Waals surface area contributed by atoms with Crippen LogP contribution in [0, 0.1) is 5.92 Å². The highest BCUT2D eigenvalue weighted by molar-refractivity contribution is 7.80. The van der Waals surface area contributed by atoms with Gasteiger partial charge in [-0.25, -0.2) is 0 Å². The number of hydrogen-bond donors (Lipinski definition) is 2. The molecule has 3 N–H and O–H groups in total. The summed E-state index contributed by atoms with van der Waals surface area (Å²) in [7, 11) is 0. The van der Waals surface area contributed by atoms with Crippen LogP contribution in [0.15, 0.2) is 24.5 Å². The quantitative estimate of drug-likeness (QED) is 0.779. The Kier molecular flexibility index (Phi) is 5.03. The van der Waals surface area contributed by atoms with Crippen molar-refractivity contribution in [2.75, 3.05) is 0 Å². The molecule has 1 rings (SSSR count). The number of nitrogens with one attached hydrogen (secondary N) is 1. The van der Waals surface area contributed by atoms with Gasteiger partial charge in [0.05, 0.1) is 16.9 Å². The molecule has 17 heavy (non-hydrogen) atoms. The minimum atomic E-state index is -0.399. The lowest BCUT2D eigenvalue weighted by atomic mass is 10.0. The smallest absolute Gasteiger partial charge is 0.230 e. The molecule has 0 aromatic carbocycles. The van der Waals surface area contributed by atoms with Crippen LogP contribution in [0.3, 0.4) is 0 Å². The Hall–Kier alpha value is -1.49. The maximum absolute atomic E-state index is 11.9. The molecule has 0 saturated carbocycles. The molecule has 0 aliphatic carbocycles. The summed E-state index contributed by atoms with van der Waals surface area (Å²) in [6.45, 7) is 3.79. The van der Waals surface area contributed by atoms with Crippen LogP contribution >= 0.6 is 12.2 Å². The zero-order valence-corrected chi connectivity index (χ0v) is 10.8. The van der Waals surface area contributed by atoms with E-state index in [9.17, 15) is 4.79 Å².